The summed E-state index contributed by atoms with van der Waals surface area (Å²) in [5.74, 6) is 0.946. The van der Waals surface area contributed by atoms with Gasteiger partial charge in [0.2, 0.25) is 5.91 Å². The minimum Gasteiger partial charge on any atom is -0.493 e. The van der Waals surface area contributed by atoms with Crippen LogP contribution in [0.15, 0.2) is 64.8 Å². The summed E-state index contributed by atoms with van der Waals surface area (Å²) in [6, 6.07) is 14.6. The fraction of sp³-hybridized carbons (Fsp3) is 0.143. The van der Waals surface area contributed by atoms with Crippen LogP contribution < -0.4 is 20.3 Å². The Kier molecular flexibility index (Phi) is 5.89. The second kappa shape index (κ2) is 8.92. The summed E-state index contributed by atoms with van der Waals surface area (Å²) >= 11 is 1.21. The first kappa shape index (κ1) is 20.5. The highest BCUT2D eigenvalue weighted by atomic mass is 32.2. The van der Waals surface area contributed by atoms with Crippen LogP contribution in [0.25, 0.3) is 16.9 Å². The molecule has 4 aromatic rings. The number of anilines is 1. The van der Waals surface area contributed by atoms with E-state index >= 15 is 0 Å². The van der Waals surface area contributed by atoms with Crippen molar-refractivity contribution in [1.82, 2.24) is 19.5 Å². The van der Waals surface area contributed by atoms with Gasteiger partial charge in [-0.2, -0.15) is 0 Å². The highest BCUT2D eigenvalue weighted by molar-refractivity contribution is 7.99. The summed E-state index contributed by atoms with van der Waals surface area (Å²) < 4.78 is 12.2. The van der Waals surface area contributed by atoms with Crippen LogP contribution in [0.3, 0.4) is 0 Å². The maximum atomic E-state index is 12.5. The molecular formula is C21H19N5O4S. The van der Waals surface area contributed by atoms with Gasteiger partial charge in [0.05, 0.1) is 26.3 Å². The molecule has 2 heterocycles. The Bertz CT molecular complexity index is 1290. The third-order valence-electron chi connectivity index (χ3n) is 4.43. The summed E-state index contributed by atoms with van der Waals surface area (Å²) in [5.41, 5.74) is 1.69. The summed E-state index contributed by atoms with van der Waals surface area (Å²) in [4.78, 5) is 36.0. The van der Waals surface area contributed by atoms with E-state index < -0.39 is 0 Å². The number of ether oxygens (including phenoxy) is 2. The number of H-pyrrole nitrogens is 1. The second-order valence-electron chi connectivity index (χ2n) is 6.38. The first-order chi connectivity index (χ1) is 15.1. The summed E-state index contributed by atoms with van der Waals surface area (Å²) in [7, 11) is 3.08. The monoisotopic (exact) mass is 437 g/mol. The average molecular weight is 437 g/mol. The second-order valence-corrected chi connectivity index (χ2v) is 7.32. The van der Waals surface area contributed by atoms with Crippen LogP contribution >= 0.6 is 11.8 Å². The van der Waals surface area contributed by atoms with Crippen molar-refractivity contribution in [2.75, 3.05) is 25.3 Å². The molecule has 2 aromatic carbocycles. The van der Waals surface area contributed by atoms with E-state index in [9.17, 15) is 9.59 Å². The topological polar surface area (TPSA) is 111 Å². The maximum Gasteiger partial charge on any atom is 0.278 e. The molecule has 0 atom stereocenters. The molecule has 0 saturated heterocycles. The van der Waals surface area contributed by atoms with E-state index in [0.29, 0.717) is 28.0 Å². The summed E-state index contributed by atoms with van der Waals surface area (Å²) in [6.45, 7) is 0. The number of para-hydroxylation sites is 1. The van der Waals surface area contributed by atoms with Gasteiger partial charge in [0.25, 0.3) is 5.56 Å². The number of carbonyl (C=O) groups is 1. The fourth-order valence-electron chi connectivity index (χ4n) is 3.03. The average Bonchev–Trinajstić information content (AvgIpc) is 3.18. The smallest absolute Gasteiger partial charge is 0.278 e. The molecule has 9 nitrogen and oxygen atoms in total. The van der Waals surface area contributed by atoms with Gasteiger partial charge in [-0.15, -0.1) is 0 Å². The Hall–Kier alpha value is -3.79. The van der Waals surface area contributed by atoms with E-state index in [1.165, 1.54) is 25.2 Å². The van der Waals surface area contributed by atoms with Gasteiger partial charge >= 0.3 is 0 Å². The molecule has 1 amide bonds. The predicted molar refractivity (Wildman–Crippen MR) is 118 cm³/mol. The first-order valence-corrected chi connectivity index (χ1v) is 10.3. The fourth-order valence-corrected chi connectivity index (χ4v) is 3.84. The molecule has 0 fully saturated rings. The highest BCUT2D eigenvalue weighted by Crippen LogP contribution is 2.30. The Morgan fingerprint density at radius 1 is 1.13 bits per heavy atom. The van der Waals surface area contributed by atoms with E-state index in [1.807, 2.05) is 30.3 Å². The molecule has 10 heteroatoms. The summed E-state index contributed by atoms with van der Waals surface area (Å²) in [5, 5.41) is 3.32. The number of amides is 1. The number of nitrogens with one attached hydrogen (secondary N) is 2. The standard InChI is InChI=1S/C21H19N5O4S/c1-29-15-9-8-13(10-16(15)30-2)24-17(27)11-31-21-25-18-19(22-12-23-20(18)28)26(21)14-6-4-3-5-7-14/h3-10,12H,11H2,1-2H3,(H,24,27)(H,22,23,28). The molecule has 31 heavy (non-hydrogen) atoms. The van der Waals surface area contributed by atoms with Crippen LogP contribution in [0.5, 0.6) is 11.5 Å². The van der Waals surface area contributed by atoms with Crippen LogP contribution in [0.4, 0.5) is 5.69 Å². The third-order valence-corrected chi connectivity index (χ3v) is 5.37. The van der Waals surface area contributed by atoms with E-state index in [-0.39, 0.29) is 22.7 Å². The van der Waals surface area contributed by atoms with Crippen molar-refractivity contribution in [1.29, 1.82) is 0 Å². The molecule has 4 rings (SSSR count). The van der Waals surface area contributed by atoms with Crippen molar-refractivity contribution in [3.8, 4) is 17.2 Å². The molecule has 0 aliphatic rings. The van der Waals surface area contributed by atoms with Gasteiger partial charge in [-0.05, 0) is 24.3 Å². The van der Waals surface area contributed by atoms with Gasteiger partial charge in [0.15, 0.2) is 27.8 Å². The Labute approximate surface area is 181 Å². The number of fused-ring (bicyclic) bond motifs is 1. The Balaban J connectivity index is 1.57. The molecule has 0 radical (unpaired) electrons. The predicted octanol–water partition coefficient (Wildman–Crippen LogP) is 2.86. The lowest BCUT2D eigenvalue weighted by molar-refractivity contribution is -0.113. The van der Waals surface area contributed by atoms with Gasteiger partial charge in [-0.25, -0.2) is 9.97 Å². The number of imidazole rings is 1. The molecule has 0 spiro atoms. The van der Waals surface area contributed by atoms with Crippen molar-refractivity contribution < 1.29 is 14.3 Å². The van der Waals surface area contributed by atoms with Crippen molar-refractivity contribution >= 4 is 34.5 Å². The van der Waals surface area contributed by atoms with Crippen LogP contribution in [0, 0.1) is 0 Å². The molecule has 2 N–H and O–H groups in total. The zero-order chi connectivity index (χ0) is 21.8. The number of nitrogens with zero attached hydrogens (tertiary/aromatic N) is 3. The first-order valence-electron chi connectivity index (χ1n) is 9.27. The van der Waals surface area contributed by atoms with Crippen LogP contribution in [-0.2, 0) is 4.79 Å². The zero-order valence-electron chi connectivity index (χ0n) is 16.8. The Morgan fingerprint density at radius 3 is 2.65 bits per heavy atom. The normalized spacial score (nSPS) is 10.8. The lowest BCUT2D eigenvalue weighted by Crippen LogP contribution is -2.14. The van der Waals surface area contributed by atoms with Crippen LogP contribution in [0.2, 0.25) is 0 Å². The lowest BCUT2D eigenvalue weighted by Gasteiger charge is -2.11. The molecule has 0 aliphatic heterocycles. The van der Waals surface area contributed by atoms with E-state index in [4.69, 9.17) is 9.47 Å². The third kappa shape index (κ3) is 4.24. The lowest BCUT2D eigenvalue weighted by atomic mass is 10.2. The molecular weight excluding hydrogens is 418 g/mol. The van der Waals surface area contributed by atoms with Gasteiger partial charge in [-0.1, -0.05) is 30.0 Å². The largest absolute Gasteiger partial charge is 0.493 e. The molecule has 0 saturated carbocycles. The number of thioether (sulfide) groups is 1. The van der Waals surface area contributed by atoms with E-state index in [1.54, 1.807) is 29.9 Å². The molecule has 158 valence electrons. The molecule has 0 aliphatic carbocycles. The minimum absolute atomic E-state index is 0.0857. The Morgan fingerprint density at radius 2 is 1.90 bits per heavy atom. The van der Waals surface area contributed by atoms with Crippen LogP contribution in [0.1, 0.15) is 0 Å². The number of hydrogen-bond acceptors (Lipinski definition) is 7. The van der Waals surface area contributed by atoms with Gasteiger partial charge < -0.3 is 19.8 Å². The van der Waals surface area contributed by atoms with Crippen molar-refractivity contribution in [2.45, 2.75) is 5.16 Å². The quantitative estimate of drug-likeness (QED) is 0.428. The van der Waals surface area contributed by atoms with Crippen LogP contribution in [-0.4, -0.2) is 45.4 Å². The summed E-state index contributed by atoms with van der Waals surface area (Å²) in [6.07, 6.45) is 1.34. The van der Waals surface area contributed by atoms with Gasteiger partial charge in [-0.3, -0.25) is 14.2 Å². The number of methoxy groups -OCH3 is 2. The van der Waals surface area contributed by atoms with E-state index in [0.717, 1.165) is 5.69 Å². The minimum atomic E-state index is -0.337. The number of benzene rings is 2. The molecule has 0 unspecified atom stereocenters. The van der Waals surface area contributed by atoms with E-state index in [2.05, 4.69) is 20.3 Å². The number of aromatic nitrogens is 4. The zero-order valence-corrected chi connectivity index (χ0v) is 17.6. The number of hydrogen-bond donors (Lipinski definition) is 2. The number of rotatable bonds is 7. The van der Waals surface area contributed by atoms with Gasteiger partial charge in [0.1, 0.15) is 0 Å². The number of carbonyl (C=O) groups excluding carboxylic acids is 1. The molecule has 0 bridgehead atoms. The van der Waals surface area contributed by atoms with Crippen molar-refractivity contribution in [3.05, 3.63) is 65.2 Å². The SMILES string of the molecule is COc1ccc(NC(=O)CSc2nc3c(=O)[nH]cnc3n2-c2ccccc2)cc1OC. The maximum absolute atomic E-state index is 12.5. The highest BCUT2D eigenvalue weighted by Gasteiger charge is 2.17. The van der Waals surface area contributed by atoms with Gasteiger partial charge in [0, 0.05) is 17.4 Å². The molecule has 2 aromatic heterocycles. The van der Waals surface area contributed by atoms with Crippen molar-refractivity contribution in [3.63, 3.8) is 0 Å². The van der Waals surface area contributed by atoms with Crippen molar-refractivity contribution in [2.24, 2.45) is 0 Å². The number of aromatic amines is 1.